The first kappa shape index (κ1) is 20.1. The lowest BCUT2D eigenvalue weighted by Gasteiger charge is -2.55. The van der Waals surface area contributed by atoms with Crippen molar-refractivity contribution in [3.8, 4) is 0 Å². The fraction of sp³-hybridized carbons (Fsp3) is 0.708. The predicted molar refractivity (Wildman–Crippen MR) is 107 cm³/mol. The van der Waals surface area contributed by atoms with E-state index in [1.807, 2.05) is 19.9 Å². The second kappa shape index (κ2) is 5.92. The van der Waals surface area contributed by atoms with Crippen molar-refractivity contribution in [2.75, 3.05) is 6.61 Å². The van der Waals surface area contributed by atoms with Gasteiger partial charge in [-0.25, -0.2) is 0 Å². The summed E-state index contributed by atoms with van der Waals surface area (Å²) in [6.07, 6.45) is 8.43. The molecule has 4 aliphatic carbocycles. The number of carbonyl (C=O) groups excluding carboxylic acids is 3. The molecule has 0 bridgehead atoms. The van der Waals surface area contributed by atoms with Crippen LogP contribution >= 0.6 is 0 Å². The molecule has 0 aromatic carbocycles. The summed E-state index contributed by atoms with van der Waals surface area (Å²) in [5.41, 5.74) is -1.71. The Morgan fingerprint density at radius 2 is 2.03 bits per heavy atom. The van der Waals surface area contributed by atoms with Crippen LogP contribution in [-0.4, -0.2) is 46.6 Å². The molecule has 5 rings (SSSR count). The predicted octanol–water partition coefficient (Wildman–Crippen LogP) is 2.53. The zero-order valence-electron chi connectivity index (χ0n) is 18.1. The van der Waals surface area contributed by atoms with Gasteiger partial charge in [0, 0.05) is 17.8 Å². The van der Waals surface area contributed by atoms with E-state index in [9.17, 15) is 19.5 Å². The van der Waals surface area contributed by atoms with E-state index in [0.29, 0.717) is 6.42 Å². The molecule has 0 amide bonds. The van der Waals surface area contributed by atoms with Crippen molar-refractivity contribution < 1.29 is 29.0 Å². The van der Waals surface area contributed by atoms with Crippen LogP contribution in [0.3, 0.4) is 0 Å². The summed E-state index contributed by atoms with van der Waals surface area (Å²) in [5, 5.41) is 11.8. The molecule has 3 saturated carbocycles. The Morgan fingerprint density at radius 1 is 1.30 bits per heavy atom. The number of carbonyl (C=O) groups is 3. The summed E-state index contributed by atoms with van der Waals surface area (Å²) < 4.78 is 11.4. The average Bonchev–Trinajstić information content (AvgIpc) is 3.36. The number of ether oxygens (including phenoxy) is 2. The SMILES string of the molecule is CC(=O)OCC(=O)[C@@]1(O)[C@H](C)CC2C3CCC4=CC(=O)C=CC4(C)C34OC4CC21C. The first-order valence-electron chi connectivity index (χ1n) is 11.0. The molecule has 0 radical (unpaired) electrons. The molecule has 1 saturated heterocycles. The third-order valence-corrected chi connectivity index (χ3v) is 9.35. The number of aliphatic hydroxyl groups is 1. The Kier molecular flexibility index (Phi) is 3.97. The van der Waals surface area contributed by atoms with E-state index in [1.165, 1.54) is 6.92 Å². The van der Waals surface area contributed by atoms with E-state index in [0.717, 1.165) is 24.8 Å². The molecular formula is C24H30O6. The fourth-order valence-electron chi connectivity index (χ4n) is 7.85. The summed E-state index contributed by atoms with van der Waals surface area (Å²) in [5.74, 6) is -0.783. The first-order valence-corrected chi connectivity index (χ1v) is 11.0. The Morgan fingerprint density at radius 3 is 2.73 bits per heavy atom. The van der Waals surface area contributed by atoms with E-state index < -0.39 is 29.4 Å². The molecule has 5 aliphatic rings. The maximum atomic E-state index is 13.1. The number of esters is 1. The van der Waals surface area contributed by atoms with Crippen LogP contribution < -0.4 is 0 Å². The molecule has 0 aromatic heterocycles. The van der Waals surface area contributed by atoms with E-state index >= 15 is 0 Å². The van der Waals surface area contributed by atoms with Crippen molar-refractivity contribution in [1.29, 1.82) is 0 Å². The Labute approximate surface area is 176 Å². The lowest BCUT2D eigenvalue weighted by Crippen LogP contribution is -2.62. The number of ketones is 2. The highest BCUT2D eigenvalue weighted by atomic mass is 16.6. The van der Waals surface area contributed by atoms with E-state index in [1.54, 1.807) is 12.2 Å². The van der Waals surface area contributed by atoms with Gasteiger partial charge in [0.05, 0.1) is 6.10 Å². The monoisotopic (exact) mass is 414 g/mol. The molecule has 1 N–H and O–H groups in total. The van der Waals surface area contributed by atoms with Crippen molar-refractivity contribution in [2.45, 2.75) is 70.7 Å². The lowest BCUT2D eigenvalue weighted by atomic mass is 9.46. The zero-order valence-corrected chi connectivity index (χ0v) is 18.1. The standard InChI is InChI=1S/C24H30O6/c1-13-9-18-17-6-5-15-10-16(26)7-8-21(15,3)24(17)20(30-24)11-22(18,4)23(13,28)19(27)12-29-14(2)25/h7-8,10,13,17-18,20,28H,5-6,9,11-12H2,1-4H3/t13-,17?,18?,20?,21?,22?,23+,24?/m1/s1. The third-order valence-electron chi connectivity index (χ3n) is 9.35. The number of rotatable bonds is 3. The molecule has 1 heterocycles. The highest BCUT2D eigenvalue weighted by molar-refractivity contribution is 6.01. The average molecular weight is 414 g/mol. The number of hydrogen-bond acceptors (Lipinski definition) is 6. The highest BCUT2D eigenvalue weighted by Gasteiger charge is 2.81. The zero-order chi connectivity index (χ0) is 21.7. The van der Waals surface area contributed by atoms with Gasteiger partial charge in [-0.1, -0.05) is 25.5 Å². The first-order chi connectivity index (χ1) is 14.0. The largest absolute Gasteiger partial charge is 0.458 e. The molecule has 162 valence electrons. The molecule has 6 heteroatoms. The van der Waals surface area contributed by atoms with Crippen molar-refractivity contribution in [3.05, 3.63) is 23.8 Å². The maximum absolute atomic E-state index is 13.1. The van der Waals surface area contributed by atoms with Crippen LogP contribution in [0.15, 0.2) is 23.8 Å². The third kappa shape index (κ3) is 2.14. The van der Waals surface area contributed by atoms with Gasteiger partial charge < -0.3 is 14.6 Å². The number of fused-ring (bicyclic) bond motifs is 3. The summed E-state index contributed by atoms with van der Waals surface area (Å²) in [6.45, 7) is 7.00. The molecular weight excluding hydrogens is 384 g/mol. The van der Waals surface area contributed by atoms with E-state index in [2.05, 4.69) is 6.92 Å². The second-order valence-electron chi connectivity index (χ2n) is 10.5. The van der Waals surface area contributed by atoms with Crippen molar-refractivity contribution in [1.82, 2.24) is 0 Å². The van der Waals surface area contributed by atoms with Gasteiger partial charge in [-0.3, -0.25) is 14.4 Å². The van der Waals surface area contributed by atoms with Gasteiger partial charge in [0.15, 0.2) is 12.4 Å². The maximum Gasteiger partial charge on any atom is 0.303 e. The molecule has 0 aromatic rings. The molecule has 6 unspecified atom stereocenters. The molecule has 1 aliphatic heterocycles. The van der Waals surface area contributed by atoms with Gasteiger partial charge >= 0.3 is 5.97 Å². The number of epoxide rings is 1. The van der Waals surface area contributed by atoms with Crippen LogP contribution in [0.1, 0.15) is 53.4 Å². The number of hydrogen-bond donors (Lipinski definition) is 1. The number of Topliss-reactive ketones (excluding diaryl/α,β-unsaturated/α-hetero) is 1. The van der Waals surface area contributed by atoms with Gasteiger partial charge in [-0.2, -0.15) is 0 Å². The summed E-state index contributed by atoms with van der Waals surface area (Å²) in [4.78, 5) is 36.3. The molecule has 4 fully saturated rings. The Balaban J connectivity index is 1.52. The van der Waals surface area contributed by atoms with Gasteiger partial charge in [-0.15, -0.1) is 0 Å². The quantitative estimate of drug-likeness (QED) is 0.564. The second-order valence-corrected chi connectivity index (χ2v) is 10.5. The van der Waals surface area contributed by atoms with E-state index in [4.69, 9.17) is 9.47 Å². The van der Waals surface area contributed by atoms with Crippen molar-refractivity contribution in [3.63, 3.8) is 0 Å². The van der Waals surface area contributed by atoms with Crippen LogP contribution in [0, 0.1) is 28.6 Å². The van der Waals surface area contributed by atoms with Gasteiger partial charge in [0.2, 0.25) is 5.78 Å². The molecule has 6 nitrogen and oxygen atoms in total. The van der Waals surface area contributed by atoms with Gasteiger partial charge in [-0.05, 0) is 62.5 Å². The van der Waals surface area contributed by atoms with Crippen LogP contribution in [0.25, 0.3) is 0 Å². The topological polar surface area (TPSA) is 93.2 Å². The van der Waals surface area contributed by atoms with Crippen molar-refractivity contribution >= 4 is 17.5 Å². The summed E-state index contributed by atoms with van der Waals surface area (Å²) in [7, 11) is 0. The lowest BCUT2D eigenvalue weighted by molar-refractivity contribution is -0.170. The Bertz CT molecular complexity index is 919. The van der Waals surface area contributed by atoms with Crippen LogP contribution in [0.5, 0.6) is 0 Å². The van der Waals surface area contributed by atoms with Crippen LogP contribution in [-0.2, 0) is 23.9 Å². The van der Waals surface area contributed by atoms with Crippen molar-refractivity contribution in [2.24, 2.45) is 28.6 Å². The minimum absolute atomic E-state index is 0.0371. The smallest absolute Gasteiger partial charge is 0.303 e. The van der Waals surface area contributed by atoms with Gasteiger partial charge in [0.1, 0.15) is 11.2 Å². The summed E-state index contributed by atoms with van der Waals surface area (Å²) >= 11 is 0. The number of allylic oxidation sites excluding steroid dienone is 2. The Hall–Kier alpha value is -1.79. The molecule has 1 spiro atoms. The minimum Gasteiger partial charge on any atom is -0.458 e. The normalized spacial score (nSPS) is 50.6. The molecule has 8 atom stereocenters. The van der Waals surface area contributed by atoms with Crippen LogP contribution in [0.2, 0.25) is 0 Å². The van der Waals surface area contributed by atoms with Gasteiger partial charge in [0.25, 0.3) is 0 Å². The minimum atomic E-state index is -1.54. The van der Waals surface area contributed by atoms with Crippen LogP contribution in [0.4, 0.5) is 0 Å². The summed E-state index contributed by atoms with van der Waals surface area (Å²) in [6, 6.07) is 0. The van der Waals surface area contributed by atoms with E-state index in [-0.39, 0.29) is 40.7 Å². The fourth-order valence-corrected chi connectivity index (χ4v) is 7.85. The highest BCUT2D eigenvalue weighted by Crippen LogP contribution is 2.76. The molecule has 30 heavy (non-hydrogen) atoms.